The minimum absolute atomic E-state index is 0.207. The molecule has 0 saturated heterocycles. The molecule has 2 rings (SSSR count). The van der Waals surface area contributed by atoms with E-state index in [1.807, 2.05) is 24.3 Å². The molecule has 0 aliphatic heterocycles. The van der Waals surface area contributed by atoms with Gasteiger partial charge in [0.2, 0.25) is 0 Å². The van der Waals surface area contributed by atoms with Crippen LogP contribution in [0.25, 0.3) is 11.1 Å². The molecule has 0 saturated carbocycles. The Hall–Kier alpha value is -1.16. The van der Waals surface area contributed by atoms with Gasteiger partial charge in [-0.25, -0.2) is 0 Å². The minimum Gasteiger partial charge on any atom is -0.468 e. The third kappa shape index (κ3) is 4.42. The molecule has 2 aromatic rings. The molecule has 0 radical (unpaired) electrons. The Kier molecular flexibility index (Phi) is 6.18. The maximum absolute atomic E-state index is 11.2. The fourth-order valence-electron chi connectivity index (χ4n) is 2.01. The molecule has 0 aromatic heterocycles. The van der Waals surface area contributed by atoms with E-state index in [9.17, 15) is 4.79 Å². The Morgan fingerprint density at radius 1 is 1.18 bits per heavy atom. The van der Waals surface area contributed by atoms with Gasteiger partial charge in [-0.2, -0.15) is 0 Å². The molecule has 5 heteroatoms. The van der Waals surface area contributed by atoms with Crippen LogP contribution in [0.4, 0.5) is 0 Å². The molecule has 0 bridgehead atoms. The standard InChI is InChI=1S/C17H16Cl2O2S/c1-11(22-10-17(20)21-2)12-3-5-13(6-4-12)15-8-7-14(18)9-16(15)19/h3-9,11H,10H2,1-2H3. The largest absolute Gasteiger partial charge is 0.468 e. The number of hydrogen-bond acceptors (Lipinski definition) is 3. The summed E-state index contributed by atoms with van der Waals surface area (Å²) in [6.07, 6.45) is 0. The molecule has 0 aliphatic carbocycles. The molecule has 0 amide bonds. The fraction of sp³-hybridized carbons (Fsp3) is 0.235. The van der Waals surface area contributed by atoms with Gasteiger partial charge >= 0.3 is 5.97 Å². The smallest absolute Gasteiger partial charge is 0.315 e. The Morgan fingerprint density at radius 3 is 2.45 bits per heavy atom. The van der Waals surface area contributed by atoms with Crippen molar-refractivity contribution in [2.45, 2.75) is 12.2 Å². The predicted molar refractivity (Wildman–Crippen MR) is 94.8 cm³/mol. The fourth-order valence-corrected chi connectivity index (χ4v) is 3.38. The lowest BCUT2D eigenvalue weighted by atomic mass is 10.0. The lowest BCUT2D eigenvalue weighted by Crippen LogP contribution is -2.04. The minimum atomic E-state index is -0.207. The van der Waals surface area contributed by atoms with Crippen LogP contribution in [0, 0.1) is 0 Å². The molecule has 2 aromatic carbocycles. The highest BCUT2D eigenvalue weighted by Crippen LogP contribution is 2.33. The molecule has 0 spiro atoms. The van der Waals surface area contributed by atoms with Crippen LogP contribution < -0.4 is 0 Å². The first kappa shape index (κ1) is 17.2. The first-order chi connectivity index (χ1) is 10.5. The van der Waals surface area contributed by atoms with Crippen LogP contribution >= 0.6 is 35.0 Å². The molecular formula is C17H16Cl2O2S. The average Bonchev–Trinajstić information content (AvgIpc) is 2.52. The van der Waals surface area contributed by atoms with Gasteiger partial charge in [-0.1, -0.05) is 53.5 Å². The number of halogens is 2. The number of hydrogen-bond donors (Lipinski definition) is 0. The van der Waals surface area contributed by atoms with Gasteiger partial charge in [0.1, 0.15) is 0 Å². The van der Waals surface area contributed by atoms with Crippen molar-refractivity contribution in [2.75, 3.05) is 12.9 Å². The van der Waals surface area contributed by atoms with E-state index in [2.05, 4.69) is 23.8 Å². The summed E-state index contributed by atoms with van der Waals surface area (Å²) in [5.74, 6) is 0.143. The van der Waals surface area contributed by atoms with E-state index in [0.29, 0.717) is 15.8 Å². The highest BCUT2D eigenvalue weighted by atomic mass is 35.5. The van der Waals surface area contributed by atoms with Crippen LogP contribution in [-0.4, -0.2) is 18.8 Å². The van der Waals surface area contributed by atoms with Crippen LogP contribution in [0.15, 0.2) is 42.5 Å². The van der Waals surface area contributed by atoms with Gasteiger partial charge in [-0.15, -0.1) is 11.8 Å². The summed E-state index contributed by atoms with van der Waals surface area (Å²) in [6, 6.07) is 13.6. The molecule has 0 heterocycles. The monoisotopic (exact) mass is 354 g/mol. The first-order valence-corrected chi connectivity index (χ1v) is 8.55. The quantitative estimate of drug-likeness (QED) is 0.651. The zero-order chi connectivity index (χ0) is 16.1. The summed E-state index contributed by atoms with van der Waals surface area (Å²) in [5.41, 5.74) is 3.14. The third-order valence-electron chi connectivity index (χ3n) is 3.30. The Morgan fingerprint density at radius 2 is 1.86 bits per heavy atom. The SMILES string of the molecule is COC(=O)CSC(C)c1ccc(-c2ccc(Cl)cc2Cl)cc1. The second kappa shape index (κ2) is 7.91. The van der Waals surface area contributed by atoms with Crippen molar-refractivity contribution in [3.05, 3.63) is 58.1 Å². The lowest BCUT2D eigenvalue weighted by molar-refractivity contribution is -0.137. The van der Waals surface area contributed by atoms with Crippen molar-refractivity contribution < 1.29 is 9.53 Å². The van der Waals surface area contributed by atoms with E-state index in [1.165, 1.54) is 7.11 Å². The van der Waals surface area contributed by atoms with Gasteiger partial charge in [0, 0.05) is 20.9 Å². The van der Waals surface area contributed by atoms with E-state index >= 15 is 0 Å². The van der Waals surface area contributed by atoms with Crippen molar-refractivity contribution in [3.8, 4) is 11.1 Å². The van der Waals surface area contributed by atoms with E-state index < -0.39 is 0 Å². The molecule has 22 heavy (non-hydrogen) atoms. The number of rotatable bonds is 5. The van der Waals surface area contributed by atoms with Crippen LogP contribution in [0.2, 0.25) is 10.0 Å². The van der Waals surface area contributed by atoms with Crippen LogP contribution in [0.1, 0.15) is 17.7 Å². The average molecular weight is 355 g/mol. The first-order valence-electron chi connectivity index (χ1n) is 6.75. The van der Waals surface area contributed by atoms with Crippen molar-refractivity contribution in [2.24, 2.45) is 0 Å². The van der Waals surface area contributed by atoms with E-state index in [1.54, 1.807) is 17.8 Å². The van der Waals surface area contributed by atoms with Gasteiger partial charge in [0.25, 0.3) is 0 Å². The zero-order valence-corrected chi connectivity index (χ0v) is 14.6. The normalized spacial score (nSPS) is 12.0. The van der Waals surface area contributed by atoms with Crippen LogP contribution in [0.3, 0.4) is 0 Å². The summed E-state index contributed by atoms with van der Waals surface area (Å²) in [5, 5.41) is 1.47. The molecule has 116 valence electrons. The number of ether oxygens (including phenoxy) is 1. The Bertz CT molecular complexity index is 656. The second-order valence-corrected chi connectivity index (χ2v) is 6.95. The number of carbonyl (C=O) groups excluding carboxylic acids is 1. The van der Waals surface area contributed by atoms with Crippen molar-refractivity contribution in [3.63, 3.8) is 0 Å². The Labute approximate surface area is 144 Å². The molecule has 1 atom stereocenters. The van der Waals surface area contributed by atoms with Crippen LogP contribution in [-0.2, 0) is 9.53 Å². The summed E-state index contributed by atoms with van der Waals surface area (Å²) in [7, 11) is 1.40. The van der Waals surface area contributed by atoms with E-state index in [-0.39, 0.29) is 11.2 Å². The topological polar surface area (TPSA) is 26.3 Å². The van der Waals surface area contributed by atoms with Gasteiger partial charge in [-0.05, 0) is 30.2 Å². The van der Waals surface area contributed by atoms with Crippen LogP contribution in [0.5, 0.6) is 0 Å². The Balaban J connectivity index is 2.11. The molecule has 0 fully saturated rings. The van der Waals surface area contributed by atoms with Gasteiger partial charge in [-0.3, -0.25) is 4.79 Å². The van der Waals surface area contributed by atoms with Gasteiger partial charge in [0.05, 0.1) is 12.9 Å². The molecule has 0 aliphatic rings. The number of methoxy groups -OCH3 is 1. The number of thioether (sulfide) groups is 1. The molecule has 2 nitrogen and oxygen atoms in total. The number of esters is 1. The van der Waals surface area contributed by atoms with Crippen molar-refractivity contribution in [1.82, 2.24) is 0 Å². The maximum Gasteiger partial charge on any atom is 0.315 e. The zero-order valence-electron chi connectivity index (χ0n) is 12.3. The molecular weight excluding hydrogens is 339 g/mol. The van der Waals surface area contributed by atoms with Gasteiger partial charge < -0.3 is 4.74 Å². The predicted octanol–water partition coefficient (Wildman–Crippen LogP) is 5.63. The van der Waals surface area contributed by atoms with Gasteiger partial charge in [0.15, 0.2) is 0 Å². The number of carbonyl (C=O) groups is 1. The maximum atomic E-state index is 11.2. The molecule has 1 unspecified atom stereocenters. The summed E-state index contributed by atoms with van der Waals surface area (Å²) in [6.45, 7) is 2.07. The van der Waals surface area contributed by atoms with Crippen molar-refractivity contribution >= 4 is 40.9 Å². The summed E-state index contributed by atoms with van der Waals surface area (Å²) < 4.78 is 4.65. The highest BCUT2D eigenvalue weighted by molar-refractivity contribution is 8.00. The number of benzene rings is 2. The summed E-state index contributed by atoms with van der Waals surface area (Å²) in [4.78, 5) is 11.2. The van der Waals surface area contributed by atoms with E-state index in [4.69, 9.17) is 23.2 Å². The third-order valence-corrected chi connectivity index (χ3v) is 5.02. The molecule has 0 N–H and O–H groups in total. The second-order valence-electron chi connectivity index (χ2n) is 4.78. The lowest BCUT2D eigenvalue weighted by Gasteiger charge is -2.12. The van der Waals surface area contributed by atoms with E-state index in [0.717, 1.165) is 16.7 Å². The highest BCUT2D eigenvalue weighted by Gasteiger charge is 2.10. The summed E-state index contributed by atoms with van der Waals surface area (Å²) >= 11 is 13.7. The van der Waals surface area contributed by atoms with Crippen molar-refractivity contribution in [1.29, 1.82) is 0 Å².